The monoisotopic (exact) mass is 419 g/mol. The molecule has 0 unspecified atom stereocenters. The molecule has 31 heavy (non-hydrogen) atoms. The Morgan fingerprint density at radius 2 is 1.97 bits per heavy atom. The average Bonchev–Trinajstić information content (AvgIpc) is 3.26. The van der Waals surface area contributed by atoms with Crippen molar-refractivity contribution in [2.24, 2.45) is 0 Å². The number of hydrogen-bond acceptors (Lipinski definition) is 4. The second-order valence-electron chi connectivity index (χ2n) is 8.46. The maximum atomic E-state index is 12.1. The van der Waals surface area contributed by atoms with E-state index < -0.39 is 0 Å². The van der Waals surface area contributed by atoms with Gasteiger partial charge in [0.25, 0.3) is 0 Å². The third-order valence-corrected chi connectivity index (χ3v) is 6.08. The number of nitrogens with zero attached hydrogens (tertiary/aromatic N) is 2. The molecule has 0 spiro atoms. The number of unbranched alkanes of at least 4 members (excludes halogenated alkanes) is 1. The molecule has 1 amide bonds. The first-order valence-corrected chi connectivity index (χ1v) is 11.4. The van der Waals surface area contributed by atoms with E-state index in [0.717, 1.165) is 76.5 Å². The van der Waals surface area contributed by atoms with Crippen LogP contribution in [0.3, 0.4) is 0 Å². The second kappa shape index (κ2) is 10.5. The molecule has 5 nitrogen and oxygen atoms in total. The van der Waals surface area contributed by atoms with Crippen molar-refractivity contribution in [1.29, 1.82) is 0 Å². The molecule has 2 aliphatic heterocycles. The van der Waals surface area contributed by atoms with Crippen LogP contribution in [0.5, 0.6) is 5.75 Å². The van der Waals surface area contributed by atoms with Crippen molar-refractivity contribution < 1.29 is 9.53 Å². The van der Waals surface area contributed by atoms with Gasteiger partial charge in [-0.3, -0.25) is 9.69 Å². The van der Waals surface area contributed by atoms with Crippen LogP contribution in [-0.4, -0.2) is 56.7 Å². The predicted molar refractivity (Wildman–Crippen MR) is 127 cm³/mol. The number of anilines is 1. The lowest BCUT2D eigenvalue weighted by Gasteiger charge is -2.36. The zero-order valence-electron chi connectivity index (χ0n) is 18.5. The molecule has 0 bridgehead atoms. The van der Waals surface area contributed by atoms with E-state index in [2.05, 4.69) is 52.4 Å². The van der Waals surface area contributed by atoms with Gasteiger partial charge in [-0.1, -0.05) is 18.2 Å². The molecule has 2 aromatic carbocycles. The van der Waals surface area contributed by atoms with Gasteiger partial charge in [-0.05, 0) is 73.3 Å². The van der Waals surface area contributed by atoms with Gasteiger partial charge in [-0.25, -0.2) is 0 Å². The Labute approximate surface area is 185 Å². The molecule has 2 aromatic rings. The zero-order chi connectivity index (χ0) is 21.5. The first-order chi connectivity index (χ1) is 15.2. The van der Waals surface area contributed by atoms with Crippen molar-refractivity contribution in [3.8, 4) is 5.75 Å². The van der Waals surface area contributed by atoms with Crippen molar-refractivity contribution in [2.75, 3.05) is 50.8 Å². The van der Waals surface area contributed by atoms with Crippen LogP contribution in [0.2, 0.25) is 0 Å². The lowest BCUT2D eigenvalue weighted by atomic mass is 10.1. The first kappa shape index (κ1) is 21.4. The molecule has 0 aromatic heterocycles. The van der Waals surface area contributed by atoms with Gasteiger partial charge >= 0.3 is 0 Å². The Balaban J connectivity index is 1.09. The van der Waals surface area contributed by atoms with Gasteiger partial charge in [-0.15, -0.1) is 0 Å². The number of ether oxygens (including phenoxy) is 1. The third kappa shape index (κ3) is 6.11. The van der Waals surface area contributed by atoms with Crippen molar-refractivity contribution in [3.63, 3.8) is 0 Å². The second-order valence-corrected chi connectivity index (χ2v) is 8.46. The molecule has 164 valence electrons. The van der Waals surface area contributed by atoms with E-state index in [1.807, 2.05) is 18.2 Å². The highest BCUT2D eigenvalue weighted by Gasteiger charge is 2.16. The van der Waals surface area contributed by atoms with Crippen LogP contribution in [0.15, 0.2) is 48.5 Å². The van der Waals surface area contributed by atoms with Crippen LogP contribution in [0.4, 0.5) is 5.69 Å². The Morgan fingerprint density at radius 3 is 2.81 bits per heavy atom. The summed E-state index contributed by atoms with van der Waals surface area (Å²) in [5.74, 6) is 0.946. The van der Waals surface area contributed by atoms with E-state index in [-0.39, 0.29) is 5.91 Å². The van der Waals surface area contributed by atoms with E-state index in [4.69, 9.17) is 4.74 Å². The number of carbonyl (C=O) groups excluding carboxylic acids is 1. The van der Waals surface area contributed by atoms with Crippen LogP contribution in [0, 0.1) is 6.92 Å². The Hall–Kier alpha value is -2.79. The van der Waals surface area contributed by atoms with Gasteiger partial charge in [0.1, 0.15) is 5.75 Å². The minimum Gasteiger partial charge on any atom is -0.493 e. The third-order valence-electron chi connectivity index (χ3n) is 6.08. The molecule has 1 N–H and O–H groups in total. The molecule has 0 saturated carbocycles. The summed E-state index contributed by atoms with van der Waals surface area (Å²) in [6.07, 6.45) is 6.57. The highest BCUT2D eigenvalue weighted by atomic mass is 16.5. The zero-order valence-corrected chi connectivity index (χ0v) is 18.5. The molecule has 2 aliphatic rings. The quantitative estimate of drug-likeness (QED) is 0.524. The first-order valence-electron chi connectivity index (χ1n) is 11.4. The number of aryl methyl sites for hydroxylation is 1. The fraction of sp³-hybridized carbons (Fsp3) is 0.423. The maximum Gasteiger partial charge on any atom is 0.243 e. The number of benzene rings is 2. The number of carbonyl (C=O) groups is 1. The predicted octanol–water partition coefficient (Wildman–Crippen LogP) is 3.66. The molecular formula is C26H33N3O2. The van der Waals surface area contributed by atoms with Crippen molar-refractivity contribution in [2.45, 2.75) is 26.2 Å². The van der Waals surface area contributed by atoms with Crippen LogP contribution in [0.25, 0.3) is 6.08 Å². The highest BCUT2D eigenvalue weighted by Crippen LogP contribution is 2.26. The summed E-state index contributed by atoms with van der Waals surface area (Å²) in [4.78, 5) is 17.1. The van der Waals surface area contributed by atoms with Crippen molar-refractivity contribution >= 4 is 17.7 Å². The summed E-state index contributed by atoms with van der Waals surface area (Å²) >= 11 is 0. The maximum absolute atomic E-state index is 12.1. The summed E-state index contributed by atoms with van der Waals surface area (Å²) in [7, 11) is 0. The largest absolute Gasteiger partial charge is 0.493 e. The molecule has 1 saturated heterocycles. The molecule has 5 heteroatoms. The lowest BCUT2D eigenvalue weighted by molar-refractivity contribution is -0.116. The van der Waals surface area contributed by atoms with Gasteiger partial charge in [-0.2, -0.15) is 0 Å². The number of amides is 1. The lowest BCUT2D eigenvalue weighted by Crippen LogP contribution is -2.46. The molecular weight excluding hydrogens is 386 g/mol. The van der Waals surface area contributed by atoms with Gasteiger partial charge in [0.15, 0.2) is 0 Å². The van der Waals surface area contributed by atoms with E-state index >= 15 is 0 Å². The average molecular weight is 420 g/mol. The highest BCUT2D eigenvalue weighted by molar-refractivity contribution is 5.91. The van der Waals surface area contributed by atoms with E-state index in [9.17, 15) is 4.79 Å². The van der Waals surface area contributed by atoms with Gasteiger partial charge < -0.3 is 15.0 Å². The number of nitrogens with one attached hydrogen (secondary N) is 1. The SMILES string of the molecule is Cc1cccc(N2CCN(CCCCNC(=O)/C=C/c3ccc4c(c3)CCO4)CC2)c1. The number of hydrogen-bond donors (Lipinski definition) is 1. The summed E-state index contributed by atoms with van der Waals surface area (Å²) in [6.45, 7) is 9.11. The molecule has 1 fully saturated rings. The van der Waals surface area contributed by atoms with E-state index in [1.165, 1.54) is 16.8 Å². The van der Waals surface area contributed by atoms with Gasteiger partial charge in [0, 0.05) is 50.9 Å². The minimum absolute atomic E-state index is 0.0245. The summed E-state index contributed by atoms with van der Waals surface area (Å²) in [5, 5.41) is 3.00. The van der Waals surface area contributed by atoms with Gasteiger partial charge in [0.2, 0.25) is 5.91 Å². The molecule has 2 heterocycles. The van der Waals surface area contributed by atoms with E-state index in [1.54, 1.807) is 6.08 Å². The van der Waals surface area contributed by atoms with Crippen molar-refractivity contribution in [1.82, 2.24) is 10.2 Å². The Bertz CT molecular complexity index is 917. The number of fused-ring (bicyclic) bond motifs is 1. The number of piperazine rings is 1. The fourth-order valence-corrected chi connectivity index (χ4v) is 4.27. The van der Waals surface area contributed by atoms with E-state index in [0.29, 0.717) is 0 Å². The molecule has 0 radical (unpaired) electrons. The topological polar surface area (TPSA) is 44.8 Å². The van der Waals surface area contributed by atoms with Crippen LogP contribution >= 0.6 is 0 Å². The van der Waals surface area contributed by atoms with Crippen LogP contribution in [-0.2, 0) is 11.2 Å². The summed E-state index contributed by atoms with van der Waals surface area (Å²) < 4.78 is 5.52. The van der Waals surface area contributed by atoms with Gasteiger partial charge in [0.05, 0.1) is 6.61 Å². The summed E-state index contributed by atoms with van der Waals surface area (Å²) in [5.41, 5.74) is 4.92. The molecule has 0 aliphatic carbocycles. The van der Waals surface area contributed by atoms with Crippen molar-refractivity contribution in [3.05, 3.63) is 65.2 Å². The Kier molecular flexibility index (Phi) is 7.26. The minimum atomic E-state index is -0.0245. The normalized spacial score (nSPS) is 16.4. The number of rotatable bonds is 8. The fourth-order valence-electron chi connectivity index (χ4n) is 4.27. The van der Waals surface area contributed by atoms with Crippen LogP contribution in [0.1, 0.15) is 29.5 Å². The smallest absolute Gasteiger partial charge is 0.243 e. The summed E-state index contributed by atoms with van der Waals surface area (Å²) in [6, 6.07) is 14.8. The molecule has 4 rings (SSSR count). The Morgan fingerprint density at radius 1 is 1.10 bits per heavy atom. The molecule has 0 atom stereocenters. The van der Waals surface area contributed by atoms with Crippen LogP contribution < -0.4 is 15.0 Å². The standard InChI is InChI=1S/C26H33N3O2/c1-21-5-4-6-24(19-21)29-16-14-28(15-17-29)13-3-2-12-27-26(30)10-8-22-7-9-25-23(20-22)11-18-31-25/h4-10,19-20H,2-3,11-18H2,1H3,(H,27,30)/b10-8+.